The summed E-state index contributed by atoms with van der Waals surface area (Å²) in [5.41, 5.74) is 1.03. The summed E-state index contributed by atoms with van der Waals surface area (Å²) >= 11 is 0. The lowest BCUT2D eigenvalue weighted by Gasteiger charge is -2.20. The van der Waals surface area contributed by atoms with Gasteiger partial charge in [-0.3, -0.25) is 4.79 Å². The molecule has 0 spiro atoms. The predicted octanol–water partition coefficient (Wildman–Crippen LogP) is 4.21. The Kier molecular flexibility index (Phi) is 9.30. The van der Waals surface area contributed by atoms with Crippen LogP contribution >= 0.6 is 12.4 Å². The Hall–Kier alpha value is -1.26. The summed E-state index contributed by atoms with van der Waals surface area (Å²) in [6.45, 7) is 6.83. The SMILES string of the molecule is CC(C)(C)NC(=O)COc1ccc(CNC2CCCCCC2)cc1.Cl. The van der Waals surface area contributed by atoms with E-state index in [0.717, 1.165) is 12.3 Å². The molecule has 0 aromatic heterocycles. The van der Waals surface area contributed by atoms with E-state index < -0.39 is 0 Å². The molecule has 1 aromatic carbocycles. The minimum atomic E-state index is -0.228. The second-order valence-electron chi connectivity index (χ2n) is 7.80. The summed E-state index contributed by atoms with van der Waals surface area (Å²) in [6.07, 6.45) is 8.05. The van der Waals surface area contributed by atoms with Gasteiger partial charge < -0.3 is 15.4 Å². The topological polar surface area (TPSA) is 50.4 Å². The van der Waals surface area contributed by atoms with E-state index in [1.165, 1.54) is 44.1 Å². The molecule has 0 radical (unpaired) electrons. The largest absolute Gasteiger partial charge is 0.484 e. The fourth-order valence-electron chi connectivity index (χ4n) is 3.05. The lowest BCUT2D eigenvalue weighted by molar-refractivity contribution is -0.124. The van der Waals surface area contributed by atoms with Gasteiger partial charge in [0.1, 0.15) is 5.75 Å². The van der Waals surface area contributed by atoms with Crippen LogP contribution in [0.1, 0.15) is 64.9 Å². The van der Waals surface area contributed by atoms with E-state index in [0.29, 0.717) is 6.04 Å². The van der Waals surface area contributed by atoms with Crippen LogP contribution in [0, 0.1) is 0 Å². The number of rotatable bonds is 6. The Labute approximate surface area is 158 Å². The van der Waals surface area contributed by atoms with Crippen molar-refractivity contribution in [3.05, 3.63) is 29.8 Å². The van der Waals surface area contributed by atoms with Gasteiger partial charge in [-0.15, -0.1) is 12.4 Å². The van der Waals surface area contributed by atoms with Crippen molar-refractivity contribution in [1.29, 1.82) is 0 Å². The molecule has 142 valence electrons. The third kappa shape index (κ3) is 9.13. The average molecular weight is 369 g/mol. The van der Waals surface area contributed by atoms with Crippen molar-refractivity contribution in [2.75, 3.05) is 6.61 Å². The second kappa shape index (κ2) is 10.7. The van der Waals surface area contributed by atoms with E-state index in [9.17, 15) is 4.79 Å². The van der Waals surface area contributed by atoms with Crippen LogP contribution in [-0.4, -0.2) is 24.1 Å². The zero-order valence-corrected chi connectivity index (χ0v) is 16.6. The molecule has 1 fully saturated rings. The number of ether oxygens (including phenoxy) is 1. The van der Waals surface area contributed by atoms with Gasteiger partial charge in [0, 0.05) is 18.1 Å². The molecule has 25 heavy (non-hydrogen) atoms. The highest BCUT2D eigenvalue weighted by Gasteiger charge is 2.14. The first-order valence-electron chi connectivity index (χ1n) is 9.18. The molecule has 0 heterocycles. The van der Waals surface area contributed by atoms with Crippen LogP contribution in [0.4, 0.5) is 0 Å². The normalized spacial score (nSPS) is 15.8. The van der Waals surface area contributed by atoms with Crippen LogP contribution in [0.2, 0.25) is 0 Å². The molecule has 0 unspecified atom stereocenters. The minimum Gasteiger partial charge on any atom is -0.484 e. The van der Waals surface area contributed by atoms with Crippen molar-refractivity contribution in [1.82, 2.24) is 10.6 Å². The van der Waals surface area contributed by atoms with Crippen LogP contribution in [0.25, 0.3) is 0 Å². The maximum absolute atomic E-state index is 11.8. The molecule has 4 nitrogen and oxygen atoms in total. The third-order valence-electron chi connectivity index (χ3n) is 4.26. The molecule has 2 rings (SSSR count). The van der Waals surface area contributed by atoms with Crippen molar-refractivity contribution in [2.45, 2.75) is 77.4 Å². The van der Waals surface area contributed by atoms with Gasteiger partial charge in [0.2, 0.25) is 0 Å². The molecule has 1 aliphatic rings. The van der Waals surface area contributed by atoms with Crippen LogP contribution in [0.5, 0.6) is 5.75 Å². The quantitative estimate of drug-likeness (QED) is 0.739. The number of hydrogen-bond acceptors (Lipinski definition) is 3. The molecule has 1 aromatic rings. The maximum atomic E-state index is 11.8. The van der Waals surface area contributed by atoms with Crippen molar-refractivity contribution in [3.63, 3.8) is 0 Å². The van der Waals surface area contributed by atoms with Gasteiger partial charge in [0.25, 0.3) is 5.91 Å². The first-order valence-corrected chi connectivity index (χ1v) is 9.18. The lowest BCUT2D eigenvalue weighted by atomic mass is 10.1. The summed E-state index contributed by atoms with van der Waals surface area (Å²) in [5, 5.41) is 6.56. The maximum Gasteiger partial charge on any atom is 0.258 e. The number of carbonyl (C=O) groups is 1. The highest BCUT2D eigenvalue weighted by atomic mass is 35.5. The molecular formula is C20H33ClN2O2. The molecule has 0 bridgehead atoms. The monoisotopic (exact) mass is 368 g/mol. The highest BCUT2D eigenvalue weighted by molar-refractivity contribution is 5.85. The minimum absolute atomic E-state index is 0. The molecule has 1 aliphatic carbocycles. The van der Waals surface area contributed by atoms with Crippen LogP contribution in [0.3, 0.4) is 0 Å². The van der Waals surface area contributed by atoms with Crippen molar-refractivity contribution in [3.8, 4) is 5.75 Å². The van der Waals surface area contributed by atoms with Gasteiger partial charge in [-0.1, -0.05) is 37.8 Å². The predicted molar refractivity (Wildman–Crippen MR) is 105 cm³/mol. The third-order valence-corrected chi connectivity index (χ3v) is 4.26. The molecule has 2 N–H and O–H groups in total. The Balaban J connectivity index is 0.00000312. The van der Waals surface area contributed by atoms with Crippen molar-refractivity contribution in [2.24, 2.45) is 0 Å². The van der Waals surface area contributed by atoms with Gasteiger partial charge in [-0.2, -0.15) is 0 Å². The summed E-state index contributed by atoms with van der Waals surface area (Å²) in [6, 6.07) is 8.68. The summed E-state index contributed by atoms with van der Waals surface area (Å²) in [7, 11) is 0. The summed E-state index contributed by atoms with van der Waals surface area (Å²) in [5.74, 6) is 0.638. The van der Waals surface area contributed by atoms with Crippen molar-refractivity contribution >= 4 is 18.3 Å². The number of carbonyl (C=O) groups excluding carboxylic acids is 1. The number of nitrogens with one attached hydrogen (secondary N) is 2. The number of hydrogen-bond donors (Lipinski definition) is 2. The van der Waals surface area contributed by atoms with E-state index in [4.69, 9.17) is 4.74 Å². The lowest BCUT2D eigenvalue weighted by Crippen LogP contribution is -2.43. The first kappa shape index (κ1) is 21.8. The Morgan fingerprint density at radius 3 is 2.24 bits per heavy atom. The van der Waals surface area contributed by atoms with E-state index in [1.54, 1.807) is 0 Å². The van der Waals surface area contributed by atoms with Gasteiger partial charge >= 0.3 is 0 Å². The standard InChI is InChI=1S/C20H32N2O2.ClH/c1-20(2,3)22-19(23)15-24-18-12-10-16(11-13-18)14-21-17-8-6-4-5-7-9-17;/h10-13,17,21H,4-9,14-15H2,1-3H3,(H,22,23);1H. The Morgan fingerprint density at radius 1 is 1.08 bits per heavy atom. The average Bonchev–Trinajstić information content (AvgIpc) is 2.79. The molecule has 0 saturated heterocycles. The number of benzene rings is 1. The Bertz CT molecular complexity index is 503. The smallest absolute Gasteiger partial charge is 0.258 e. The van der Waals surface area contributed by atoms with Gasteiger partial charge in [0.15, 0.2) is 6.61 Å². The molecule has 1 saturated carbocycles. The molecule has 1 amide bonds. The van der Waals surface area contributed by atoms with E-state index in [-0.39, 0.29) is 30.5 Å². The fourth-order valence-corrected chi connectivity index (χ4v) is 3.05. The van der Waals surface area contributed by atoms with Crippen molar-refractivity contribution < 1.29 is 9.53 Å². The van der Waals surface area contributed by atoms with Gasteiger partial charge in [-0.05, 0) is 51.3 Å². The van der Waals surface area contributed by atoms with E-state index in [1.807, 2.05) is 32.9 Å². The van der Waals surface area contributed by atoms with Crippen LogP contribution < -0.4 is 15.4 Å². The van der Waals surface area contributed by atoms with Gasteiger partial charge in [0.05, 0.1) is 0 Å². The van der Waals surface area contributed by atoms with E-state index >= 15 is 0 Å². The summed E-state index contributed by atoms with van der Waals surface area (Å²) in [4.78, 5) is 11.8. The van der Waals surface area contributed by atoms with Gasteiger partial charge in [-0.25, -0.2) is 0 Å². The summed E-state index contributed by atoms with van der Waals surface area (Å²) < 4.78 is 5.55. The fraction of sp³-hybridized carbons (Fsp3) is 0.650. The Morgan fingerprint density at radius 2 is 1.68 bits per heavy atom. The number of halogens is 1. The molecule has 5 heteroatoms. The van der Waals surface area contributed by atoms with Crippen LogP contribution in [-0.2, 0) is 11.3 Å². The number of amides is 1. The molecule has 0 atom stereocenters. The first-order chi connectivity index (χ1) is 11.4. The molecule has 0 aliphatic heterocycles. The van der Waals surface area contributed by atoms with Crippen LogP contribution in [0.15, 0.2) is 24.3 Å². The zero-order valence-electron chi connectivity index (χ0n) is 15.8. The highest BCUT2D eigenvalue weighted by Crippen LogP contribution is 2.18. The van der Waals surface area contributed by atoms with E-state index in [2.05, 4.69) is 22.8 Å². The molecular weight excluding hydrogens is 336 g/mol. The second-order valence-corrected chi connectivity index (χ2v) is 7.80. The zero-order chi connectivity index (χ0) is 17.4.